The van der Waals surface area contributed by atoms with E-state index < -0.39 is 180 Å². The Kier molecular flexibility index (Phi) is 45.8. The largest absolute Gasteiger partial charge is 0.481 e. The first-order valence-corrected chi connectivity index (χ1v) is 37.9. The Bertz CT molecular complexity index is 3410. The van der Waals surface area contributed by atoms with Crippen LogP contribution in [-0.2, 0) is 73.5 Å². The third kappa shape index (κ3) is 39.2. The second-order valence-corrected chi connectivity index (χ2v) is 27.5. The number of carbonyl (C=O) groups excluding carboxylic acids is 13. The summed E-state index contributed by atoms with van der Waals surface area (Å²) in [5, 5.41) is 37.4. The Labute approximate surface area is 655 Å². The minimum Gasteiger partial charge on any atom is -0.481 e. The van der Waals surface area contributed by atoms with Crippen LogP contribution in [0.25, 0.3) is 0 Å². The van der Waals surface area contributed by atoms with E-state index in [2.05, 4.69) is 109 Å². The highest BCUT2D eigenvalue weighted by molar-refractivity contribution is 7.80. The van der Waals surface area contributed by atoms with E-state index in [1.807, 2.05) is 0 Å². The zero-order chi connectivity index (χ0) is 83.3. The van der Waals surface area contributed by atoms with Crippen LogP contribution in [0.1, 0.15) is 142 Å². The lowest BCUT2D eigenvalue weighted by molar-refractivity contribution is -0.142. The number of hydrogen-bond donors (Lipinski definition) is 24. The minimum absolute atomic E-state index is 0.0115. The average Bonchev–Trinajstić information content (AvgIpc) is 0.847. The lowest BCUT2D eigenvalue weighted by atomic mass is 9.85. The van der Waals surface area contributed by atoms with Crippen molar-refractivity contribution >= 4 is 138 Å². The number of nitrogens with one attached hydrogen (secondary N) is 11. The Balaban J connectivity index is 2.52. The first-order chi connectivity index (χ1) is 52.5. The first-order valence-electron chi connectivity index (χ1n) is 36.7. The molecule has 1 fully saturated rings. The van der Waals surface area contributed by atoms with Crippen LogP contribution < -0.4 is 116 Å². The molecule has 0 radical (unpaired) electrons. The summed E-state index contributed by atoms with van der Waals surface area (Å²) in [6, 6.07) is -7.77. The first kappa shape index (κ1) is 96.6. The van der Waals surface area contributed by atoms with Crippen molar-refractivity contribution in [1.29, 1.82) is 0 Å². The number of benzene rings is 1. The summed E-state index contributed by atoms with van der Waals surface area (Å²) in [4.78, 5) is 212. The number of aliphatic carboxylic acids is 1. The summed E-state index contributed by atoms with van der Waals surface area (Å²) in [6.07, 6.45) is 5.20. The molecular formula is C68H116N26O15S2. The van der Waals surface area contributed by atoms with Gasteiger partial charge < -0.3 is 116 Å². The molecule has 43 heteroatoms. The number of aliphatic imine (C=N–C) groups is 5. The molecule has 0 bridgehead atoms. The molecular weight excluding hydrogens is 1490 g/mol. The zero-order valence-electron chi connectivity index (χ0n) is 63.3. The van der Waals surface area contributed by atoms with Crippen LogP contribution in [0.5, 0.6) is 0 Å². The molecule has 1 saturated carbocycles. The van der Waals surface area contributed by atoms with Gasteiger partial charge in [0, 0.05) is 44.1 Å². The number of amides is 13. The molecule has 0 aliphatic heterocycles. The summed E-state index contributed by atoms with van der Waals surface area (Å²) < 4.78 is 0. The topological polar surface area (TPSA) is 714 Å². The Hall–Kier alpha value is -10.4. The van der Waals surface area contributed by atoms with Crippen LogP contribution in [0.15, 0.2) is 55.3 Å². The van der Waals surface area contributed by atoms with Gasteiger partial charge in [-0.3, -0.25) is 92.4 Å². The van der Waals surface area contributed by atoms with Gasteiger partial charge in [0.2, 0.25) is 65.0 Å². The van der Waals surface area contributed by atoms with Gasteiger partial charge in [-0.25, -0.2) is 4.99 Å². The molecule has 2 rings (SSSR count). The van der Waals surface area contributed by atoms with Crippen LogP contribution in [-0.4, -0.2) is 229 Å². The molecule has 32 N–H and O–H groups in total. The number of imide groups is 1. The molecule has 0 aromatic heterocycles. The highest BCUT2D eigenvalue weighted by Crippen LogP contribution is 2.27. The molecule has 1 aromatic carbocycles. The molecule has 41 nitrogen and oxygen atoms in total. The van der Waals surface area contributed by atoms with Crippen LogP contribution in [0.4, 0.5) is 0 Å². The summed E-state index contributed by atoms with van der Waals surface area (Å²) in [7, 11) is 0. The van der Waals surface area contributed by atoms with Crippen molar-refractivity contribution in [2.45, 2.75) is 210 Å². The number of nitrogens with zero attached hydrogens (tertiary/aromatic N) is 5. The van der Waals surface area contributed by atoms with Crippen LogP contribution in [0.3, 0.4) is 0 Å². The fraction of sp³-hybridized carbons (Fsp3) is 0.632. The van der Waals surface area contributed by atoms with E-state index in [1.54, 1.807) is 58.0 Å². The maximum absolute atomic E-state index is 14.9. The summed E-state index contributed by atoms with van der Waals surface area (Å²) in [6.45, 7) is 5.82. The SMILES string of the molecule is CC[C@H](C)[C@H](NC(=O)[C@H](CCCN=C(N)N)NC(=O)CNC(=O)C=NC(=O)[C@@H](N)CC1CCCCC1)C(=O)N[C@@H](CC(=O)O)C(=O)N[C@@H](CCCN=C(N)N)C(=O)N[C@H](C(=O)N[C@@H](Cc1ccccc1)C(=O)N[C@@H](CCCN=C(N)N)C(=O)N[C@@H](CS)C(=O)NC(=O)[C@H](CS)NC(=O)[C@@H](N)CCCN=C(N)N)[C@@H](C)CC. The maximum atomic E-state index is 14.9. The molecule has 13 atom stereocenters. The summed E-state index contributed by atoms with van der Waals surface area (Å²) >= 11 is 8.37. The molecule has 0 heterocycles. The Morgan fingerprint density at radius 2 is 0.865 bits per heavy atom. The fourth-order valence-corrected chi connectivity index (χ4v) is 11.7. The molecule has 0 unspecified atom stereocenters. The number of hydrogen-bond acceptors (Lipinski definition) is 22. The second kappa shape index (κ2) is 52.6. The van der Waals surface area contributed by atoms with Crippen LogP contribution >= 0.6 is 25.3 Å². The molecule has 111 heavy (non-hydrogen) atoms. The van der Waals surface area contributed by atoms with E-state index >= 15 is 0 Å². The number of rotatable bonds is 51. The summed E-state index contributed by atoms with van der Waals surface area (Å²) in [5.41, 5.74) is 56.5. The number of guanidine groups is 4. The predicted molar refractivity (Wildman–Crippen MR) is 423 cm³/mol. The van der Waals surface area contributed by atoms with E-state index in [-0.39, 0.29) is 126 Å². The van der Waals surface area contributed by atoms with Gasteiger partial charge >= 0.3 is 5.97 Å². The average molecular weight is 1600 g/mol. The minimum atomic E-state index is -1.96. The van der Waals surface area contributed by atoms with Gasteiger partial charge in [-0.15, -0.1) is 0 Å². The molecule has 0 saturated heterocycles. The number of carbonyl (C=O) groups is 14. The molecule has 0 spiro atoms. The standard InChI is InChI=1S/C68H116N26O15S2/c1-5-36(3)52(63(108)88-45(30-39-19-11-8-12-20-39)59(104)86-43(23-15-27-81-67(75)76)56(101)91-48(35-111)62(107)94-61(106)47(34-110)90-55(100)40(69)21-13-25-79-65(71)72)93-58(103)44(24-16-28-82-68(77)78)87-60(105)46(31-51(97)98)89-64(109)53(37(4)6-2)92-57(102)42(22-14-26-80-66(73)74)85-50(96)33-83-49(95)32-84-54(99)41(70)29-38-17-9-7-10-18-38/h8,11-12,19-20,32,36-38,40-48,52-53,110-111H,5-7,9-10,13-18,21-31,33-35,69-70H2,1-4H3,(H,83,95)(H,85,96)(H,86,104)(H,87,105)(H,88,108)(H,89,109)(H,90,100)(H,91,101)(H,92,102)(H,93,103)(H,97,98)(H4,71,72,79)(H4,73,74,80)(H4,75,76,81)(H4,77,78,82)(H,94,106,107)/t36-,37-,40-,41-,42-,43-,44-,45-,46-,47-,48-,52-,53-/m0/s1. The van der Waals surface area contributed by atoms with Gasteiger partial charge in [0.25, 0.3) is 11.8 Å². The van der Waals surface area contributed by atoms with Crippen molar-refractivity contribution in [3.05, 3.63) is 35.9 Å². The van der Waals surface area contributed by atoms with Gasteiger partial charge in [-0.05, 0) is 81.1 Å². The van der Waals surface area contributed by atoms with Gasteiger partial charge in [0.15, 0.2) is 23.8 Å². The fourth-order valence-electron chi connectivity index (χ4n) is 11.2. The van der Waals surface area contributed by atoms with Crippen molar-refractivity contribution in [3.63, 3.8) is 0 Å². The number of nitrogens with two attached hydrogens (primary N) is 10. The van der Waals surface area contributed by atoms with Crippen molar-refractivity contribution in [1.82, 2.24) is 58.5 Å². The van der Waals surface area contributed by atoms with E-state index in [0.29, 0.717) is 24.6 Å². The van der Waals surface area contributed by atoms with Gasteiger partial charge in [-0.2, -0.15) is 25.3 Å². The van der Waals surface area contributed by atoms with Gasteiger partial charge in [-0.1, -0.05) is 103 Å². The zero-order valence-corrected chi connectivity index (χ0v) is 65.1. The smallest absolute Gasteiger partial charge is 0.305 e. The van der Waals surface area contributed by atoms with Crippen molar-refractivity contribution < 1.29 is 72.2 Å². The van der Waals surface area contributed by atoms with E-state index in [1.165, 1.54) is 0 Å². The normalized spacial score (nSPS) is 15.5. The molecule has 1 aliphatic carbocycles. The Morgan fingerprint density at radius 3 is 1.30 bits per heavy atom. The van der Waals surface area contributed by atoms with E-state index in [9.17, 15) is 72.2 Å². The predicted octanol–water partition coefficient (Wildman–Crippen LogP) is -6.79. The van der Waals surface area contributed by atoms with Crippen LogP contribution in [0.2, 0.25) is 0 Å². The van der Waals surface area contributed by atoms with Gasteiger partial charge in [0.1, 0.15) is 54.4 Å². The van der Waals surface area contributed by atoms with E-state index in [0.717, 1.165) is 32.1 Å². The molecule has 620 valence electrons. The number of carboxylic acids is 1. The lowest BCUT2D eigenvalue weighted by Gasteiger charge is -2.30. The molecule has 1 aromatic rings. The lowest BCUT2D eigenvalue weighted by Crippen LogP contribution is -2.62. The maximum Gasteiger partial charge on any atom is 0.305 e. The number of carboxylic acid groups (broad SMARTS) is 1. The Morgan fingerprint density at radius 1 is 0.477 bits per heavy atom. The van der Waals surface area contributed by atoms with Gasteiger partial charge in [0.05, 0.1) is 31.3 Å². The third-order valence-electron chi connectivity index (χ3n) is 17.8. The number of thiol groups is 2. The quantitative estimate of drug-likeness (QED) is 0.0125. The van der Waals surface area contributed by atoms with Crippen molar-refractivity contribution in [3.8, 4) is 0 Å². The highest BCUT2D eigenvalue weighted by Gasteiger charge is 2.38. The van der Waals surface area contributed by atoms with Crippen molar-refractivity contribution in [2.24, 2.45) is 100 Å². The van der Waals surface area contributed by atoms with E-state index in [4.69, 9.17) is 57.3 Å². The highest BCUT2D eigenvalue weighted by atomic mass is 32.1. The second-order valence-electron chi connectivity index (χ2n) is 26.8. The monoisotopic (exact) mass is 1600 g/mol. The molecule has 13 amide bonds. The summed E-state index contributed by atoms with van der Waals surface area (Å²) in [5.74, 6) is -17.0. The van der Waals surface area contributed by atoms with Crippen molar-refractivity contribution in [2.75, 3.05) is 44.2 Å². The van der Waals surface area contributed by atoms with Crippen LogP contribution in [0, 0.1) is 17.8 Å². The molecule has 1 aliphatic rings. The third-order valence-corrected chi connectivity index (χ3v) is 18.5.